The lowest BCUT2D eigenvalue weighted by Gasteiger charge is -2.21. The molecule has 0 unspecified atom stereocenters. The van der Waals surface area contributed by atoms with Gasteiger partial charge in [-0.2, -0.15) is 0 Å². The molecular weight excluding hydrogens is 412 g/mol. The summed E-state index contributed by atoms with van der Waals surface area (Å²) in [6, 6.07) is 21.7. The zero-order valence-corrected chi connectivity index (χ0v) is 18.7. The van der Waals surface area contributed by atoms with Gasteiger partial charge in [-0.05, 0) is 72.5 Å². The Bertz CT molecular complexity index is 1180. The Morgan fingerprint density at radius 1 is 1.00 bits per heavy atom. The van der Waals surface area contributed by atoms with Gasteiger partial charge < -0.3 is 5.32 Å². The second-order valence-corrected chi connectivity index (χ2v) is 9.30. The monoisotopic (exact) mass is 434 g/mol. The SMILES string of the molecule is Cc1ccc2nc(-c3ccc(NC(=O)[C@H](c4ccc(Cl)cc4)C(C)C)cc3)sc2c1. The third kappa shape index (κ3) is 4.40. The fourth-order valence-corrected chi connectivity index (χ4v) is 4.78. The van der Waals surface area contributed by atoms with E-state index in [9.17, 15) is 4.79 Å². The number of hydrogen-bond donors (Lipinski definition) is 1. The van der Waals surface area contributed by atoms with E-state index in [0.29, 0.717) is 5.02 Å². The van der Waals surface area contributed by atoms with Crippen molar-refractivity contribution in [3.05, 3.63) is 82.9 Å². The van der Waals surface area contributed by atoms with E-state index in [1.165, 1.54) is 10.3 Å². The average Bonchev–Trinajstić information content (AvgIpc) is 3.13. The summed E-state index contributed by atoms with van der Waals surface area (Å²) in [4.78, 5) is 17.7. The van der Waals surface area contributed by atoms with Crippen molar-refractivity contribution in [2.24, 2.45) is 5.92 Å². The minimum atomic E-state index is -0.241. The molecule has 1 atom stereocenters. The van der Waals surface area contributed by atoms with E-state index in [1.807, 2.05) is 48.5 Å². The maximum atomic E-state index is 13.0. The molecule has 152 valence electrons. The number of rotatable bonds is 5. The van der Waals surface area contributed by atoms with E-state index < -0.39 is 0 Å². The normalized spacial score (nSPS) is 12.3. The lowest BCUT2D eigenvalue weighted by Crippen LogP contribution is -2.25. The van der Waals surface area contributed by atoms with Crippen LogP contribution in [0.4, 0.5) is 5.69 Å². The summed E-state index contributed by atoms with van der Waals surface area (Å²) in [7, 11) is 0. The minimum absolute atomic E-state index is 0.0180. The number of amides is 1. The van der Waals surface area contributed by atoms with Crippen LogP contribution in [0.5, 0.6) is 0 Å². The number of carbonyl (C=O) groups is 1. The molecule has 4 rings (SSSR count). The van der Waals surface area contributed by atoms with Gasteiger partial charge in [-0.3, -0.25) is 4.79 Å². The summed E-state index contributed by atoms with van der Waals surface area (Å²) >= 11 is 7.68. The highest BCUT2D eigenvalue weighted by Crippen LogP contribution is 2.32. The standard InChI is InChI=1S/C25H23ClN2OS/c1-15(2)23(17-5-9-19(26)10-6-17)24(29)27-20-11-7-18(8-12-20)25-28-21-13-4-16(3)14-22(21)30-25/h4-15,23H,1-3H3,(H,27,29)/t23-/m0/s1. The number of nitrogens with zero attached hydrogens (tertiary/aromatic N) is 1. The lowest BCUT2D eigenvalue weighted by atomic mass is 9.87. The molecule has 0 aliphatic carbocycles. The molecule has 0 aliphatic rings. The minimum Gasteiger partial charge on any atom is -0.326 e. The van der Waals surface area contributed by atoms with Crippen LogP contribution >= 0.6 is 22.9 Å². The van der Waals surface area contributed by atoms with Gasteiger partial charge >= 0.3 is 0 Å². The Balaban J connectivity index is 1.53. The van der Waals surface area contributed by atoms with Gasteiger partial charge in [-0.15, -0.1) is 11.3 Å². The van der Waals surface area contributed by atoms with Crippen molar-refractivity contribution >= 4 is 44.7 Å². The number of fused-ring (bicyclic) bond motifs is 1. The van der Waals surface area contributed by atoms with E-state index in [0.717, 1.165) is 27.3 Å². The Labute approximate surface area is 185 Å². The van der Waals surface area contributed by atoms with Gasteiger partial charge in [0.2, 0.25) is 5.91 Å². The first kappa shape index (κ1) is 20.6. The molecule has 0 fully saturated rings. The number of halogens is 1. The zero-order chi connectivity index (χ0) is 21.3. The third-order valence-corrected chi connectivity index (χ3v) is 6.44. The van der Waals surface area contributed by atoms with Crippen LogP contribution in [-0.2, 0) is 4.79 Å². The van der Waals surface area contributed by atoms with E-state index >= 15 is 0 Å². The highest BCUT2D eigenvalue weighted by molar-refractivity contribution is 7.21. The number of nitrogens with one attached hydrogen (secondary N) is 1. The molecule has 3 aromatic carbocycles. The lowest BCUT2D eigenvalue weighted by molar-refractivity contribution is -0.118. The number of aryl methyl sites for hydroxylation is 1. The van der Waals surface area contributed by atoms with E-state index in [-0.39, 0.29) is 17.7 Å². The summed E-state index contributed by atoms with van der Waals surface area (Å²) in [5, 5.41) is 4.71. The Hall–Kier alpha value is -2.69. The molecule has 4 aromatic rings. The van der Waals surface area contributed by atoms with E-state index in [2.05, 4.69) is 44.3 Å². The molecule has 1 heterocycles. The van der Waals surface area contributed by atoms with Crippen LogP contribution in [0.1, 0.15) is 30.9 Å². The molecule has 0 aliphatic heterocycles. The van der Waals surface area contributed by atoms with Crippen LogP contribution in [0.2, 0.25) is 5.02 Å². The Morgan fingerprint density at radius 2 is 1.70 bits per heavy atom. The fraction of sp³-hybridized carbons (Fsp3) is 0.200. The number of hydrogen-bond acceptors (Lipinski definition) is 3. The zero-order valence-electron chi connectivity index (χ0n) is 17.1. The van der Waals surface area contributed by atoms with Crippen molar-refractivity contribution in [3.8, 4) is 10.6 Å². The van der Waals surface area contributed by atoms with Gasteiger partial charge in [-0.25, -0.2) is 4.98 Å². The first-order valence-corrected chi connectivity index (χ1v) is 11.1. The second-order valence-electron chi connectivity index (χ2n) is 7.83. The van der Waals surface area contributed by atoms with Crippen LogP contribution in [0.15, 0.2) is 66.7 Å². The van der Waals surface area contributed by atoms with Crippen LogP contribution in [-0.4, -0.2) is 10.9 Å². The molecule has 0 spiro atoms. The van der Waals surface area contributed by atoms with Crippen LogP contribution in [0, 0.1) is 12.8 Å². The molecule has 0 saturated heterocycles. The summed E-state index contributed by atoms with van der Waals surface area (Å²) in [6.45, 7) is 6.19. The first-order chi connectivity index (χ1) is 14.4. The van der Waals surface area contributed by atoms with Crippen molar-refractivity contribution in [1.29, 1.82) is 0 Å². The smallest absolute Gasteiger partial charge is 0.232 e. The predicted octanol–water partition coefficient (Wildman–Crippen LogP) is 7.30. The highest BCUT2D eigenvalue weighted by Gasteiger charge is 2.24. The molecule has 3 nitrogen and oxygen atoms in total. The first-order valence-electron chi connectivity index (χ1n) is 9.94. The highest BCUT2D eigenvalue weighted by atomic mass is 35.5. The van der Waals surface area contributed by atoms with Crippen molar-refractivity contribution < 1.29 is 4.79 Å². The fourth-order valence-electron chi connectivity index (χ4n) is 3.58. The predicted molar refractivity (Wildman–Crippen MR) is 127 cm³/mol. The molecule has 1 amide bonds. The second kappa shape index (κ2) is 8.58. The average molecular weight is 435 g/mol. The van der Waals surface area contributed by atoms with Crippen LogP contribution < -0.4 is 5.32 Å². The quantitative estimate of drug-likeness (QED) is 0.358. The molecule has 0 radical (unpaired) electrons. The van der Waals surface area contributed by atoms with Gasteiger partial charge in [-0.1, -0.05) is 43.6 Å². The third-order valence-electron chi connectivity index (χ3n) is 5.12. The number of aromatic nitrogens is 1. The number of carbonyl (C=O) groups excluding carboxylic acids is 1. The van der Waals surface area contributed by atoms with Crippen molar-refractivity contribution in [1.82, 2.24) is 4.98 Å². The Morgan fingerprint density at radius 3 is 2.37 bits per heavy atom. The Kier molecular flexibility index (Phi) is 5.89. The maximum Gasteiger partial charge on any atom is 0.232 e. The van der Waals surface area contributed by atoms with Gasteiger partial charge in [0.05, 0.1) is 16.1 Å². The maximum absolute atomic E-state index is 13.0. The largest absolute Gasteiger partial charge is 0.326 e. The van der Waals surface area contributed by atoms with E-state index in [4.69, 9.17) is 16.6 Å². The summed E-state index contributed by atoms with van der Waals surface area (Å²) in [6.07, 6.45) is 0. The molecule has 30 heavy (non-hydrogen) atoms. The summed E-state index contributed by atoms with van der Waals surface area (Å²) in [5.41, 5.74) is 5.04. The van der Waals surface area contributed by atoms with E-state index in [1.54, 1.807) is 11.3 Å². The molecule has 1 N–H and O–H groups in total. The van der Waals surface area contributed by atoms with Gasteiger partial charge in [0, 0.05) is 16.3 Å². The number of thiazole rings is 1. The molecular formula is C25H23ClN2OS. The molecule has 1 aromatic heterocycles. The van der Waals surface area contributed by atoms with Crippen LogP contribution in [0.3, 0.4) is 0 Å². The summed E-state index contributed by atoms with van der Waals surface area (Å²) < 4.78 is 1.19. The molecule has 0 saturated carbocycles. The van der Waals surface area contributed by atoms with Gasteiger partial charge in [0.1, 0.15) is 5.01 Å². The molecule has 0 bridgehead atoms. The number of benzene rings is 3. The van der Waals surface area contributed by atoms with Crippen molar-refractivity contribution in [2.75, 3.05) is 5.32 Å². The van der Waals surface area contributed by atoms with Gasteiger partial charge in [0.25, 0.3) is 0 Å². The summed E-state index contributed by atoms with van der Waals surface area (Å²) in [5.74, 6) is -0.0957. The molecule has 5 heteroatoms. The van der Waals surface area contributed by atoms with Crippen molar-refractivity contribution in [2.45, 2.75) is 26.7 Å². The topological polar surface area (TPSA) is 42.0 Å². The van der Waals surface area contributed by atoms with Gasteiger partial charge in [0.15, 0.2) is 0 Å². The van der Waals surface area contributed by atoms with Crippen LogP contribution in [0.25, 0.3) is 20.8 Å². The van der Waals surface area contributed by atoms with Crippen molar-refractivity contribution in [3.63, 3.8) is 0 Å². The number of anilines is 1.